The monoisotopic (exact) mass is 304 g/mol. The standard InChI is InChI=1S/C15H23F3N2O/c1-11(2)8-19-9-13-10-20-12(3)7-14(13)21-6-4-5-15(16,17)18/h7,10-11,19H,4-6,8-9H2,1-3H3. The van der Waals surface area contributed by atoms with E-state index in [4.69, 9.17) is 4.74 Å². The Labute approximate surface area is 123 Å². The predicted molar refractivity (Wildman–Crippen MR) is 76.3 cm³/mol. The Morgan fingerprint density at radius 2 is 2.05 bits per heavy atom. The second-order valence-electron chi connectivity index (χ2n) is 5.53. The number of aryl methyl sites for hydroxylation is 1. The van der Waals surface area contributed by atoms with Crippen LogP contribution >= 0.6 is 0 Å². The van der Waals surface area contributed by atoms with E-state index in [2.05, 4.69) is 24.1 Å². The first-order valence-electron chi connectivity index (χ1n) is 7.13. The molecule has 6 heteroatoms. The van der Waals surface area contributed by atoms with Crippen molar-refractivity contribution in [1.82, 2.24) is 10.3 Å². The summed E-state index contributed by atoms with van der Waals surface area (Å²) >= 11 is 0. The highest BCUT2D eigenvalue weighted by atomic mass is 19.4. The Balaban J connectivity index is 2.52. The molecule has 1 N–H and O–H groups in total. The van der Waals surface area contributed by atoms with Gasteiger partial charge in [-0.3, -0.25) is 4.98 Å². The van der Waals surface area contributed by atoms with Crippen molar-refractivity contribution in [3.8, 4) is 5.75 Å². The van der Waals surface area contributed by atoms with Gasteiger partial charge in [-0.1, -0.05) is 13.8 Å². The fourth-order valence-electron chi connectivity index (χ4n) is 1.78. The molecule has 0 atom stereocenters. The van der Waals surface area contributed by atoms with Gasteiger partial charge >= 0.3 is 6.18 Å². The van der Waals surface area contributed by atoms with E-state index in [1.807, 2.05) is 6.92 Å². The van der Waals surface area contributed by atoms with Crippen molar-refractivity contribution in [3.05, 3.63) is 23.5 Å². The van der Waals surface area contributed by atoms with Crippen LogP contribution in [0.25, 0.3) is 0 Å². The summed E-state index contributed by atoms with van der Waals surface area (Å²) in [4.78, 5) is 4.21. The van der Waals surface area contributed by atoms with Crippen molar-refractivity contribution >= 4 is 0 Å². The van der Waals surface area contributed by atoms with Gasteiger partial charge < -0.3 is 10.1 Å². The molecule has 0 aliphatic heterocycles. The number of nitrogens with zero attached hydrogens (tertiary/aromatic N) is 1. The highest BCUT2D eigenvalue weighted by molar-refractivity contribution is 5.32. The first kappa shape index (κ1) is 17.8. The molecular weight excluding hydrogens is 281 g/mol. The number of hydrogen-bond acceptors (Lipinski definition) is 3. The Morgan fingerprint density at radius 3 is 2.67 bits per heavy atom. The lowest BCUT2D eigenvalue weighted by atomic mass is 10.2. The van der Waals surface area contributed by atoms with Crippen LogP contribution in [0.4, 0.5) is 13.2 Å². The normalized spacial score (nSPS) is 12.0. The van der Waals surface area contributed by atoms with Crippen LogP contribution in [-0.2, 0) is 6.54 Å². The van der Waals surface area contributed by atoms with Gasteiger partial charge in [-0.2, -0.15) is 13.2 Å². The molecule has 0 spiro atoms. The van der Waals surface area contributed by atoms with E-state index in [9.17, 15) is 13.2 Å². The molecule has 0 amide bonds. The van der Waals surface area contributed by atoms with Crippen LogP contribution in [0.15, 0.2) is 12.3 Å². The SMILES string of the molecule is Cc1cc(OCCCC(F)(F)F)c(CNCC(C)C)cn1. The van der Waals surface area contributed by atoms with Gasteiger partial charge in [0, 0.05) is 36.5 Å². The molecule has 21 heavy (non-hydrogen) atoms. The molecule has 1 aromatic heterocycles. The topological polar surface area (TPSA) is 34.1 Å². The summed E-state index contributed by atoms with van der Waals surface area (Å²) in [5, 5.41) is 3.28. The van der Waals surface area contributed by atoms with Gasteiger partial charge in [0.05, 0.1) is 6.61 Å². The molecule has 0 fully saturated rings. The van der Waals surface area contributed by atoms with E-state index in [0.717, 1.165) is 17.8 Å². The van der Waals surface area contributed by atoms with Gasteiger partial charge in [-0.25, -0.2) is 0 Å². The van der Waals surface area contributed by atoms with Gasteiger partial charge in [0.2, 0.25) is 0 Å². The lowest BCUT2D eigenvalue weighted by Gasteiger charge is -2.14. The van der Waals surface area contributed by atoms with Gasteiger partial charge in [-0.15, -0.1) is 0 Å². The molecule has 1 rings (SSSR count). The zero-order valence-electron chi connectivity index (χ0n) is 12.8. The van der Waals surface area contributed by atoms with Crippen LogP contribution in [0, 0.1) is 12.8 Å². The van der Waals surface area contributed by atoms with Crippen molar-refractivity contribution in [1.29, 1.82) is 0 Å². The highest BCUT2D eigenvalue weighted by Crippen LogP contribution is 2.23. The molecule has 0 saturated heterocycles. The second-order valence-corrected chi connectivity index (χ2v) is 5.53. The molecular formula is C15H23F3N2O. The number of hydrogen-bond donors (Lipinski definition) is 1. The van der Waals surface area contributed by atoms with Gasteiger partial charge in [0.25, 0.3) is 0 Å². The third-order valence-electron chi connectivity index (χ3n) is 2.81. The summed E-state index contributed by atoms with van der Waals surface area (Å²) in [7, 11) is 0. The zero-order chi connectivity index (χ0) is 15.9. The maximum atomic E-state index is 12.1. The van der Waals surface area contributed by atoms with E-state index in [1.165, 1.54) is 0 Å². The maximum absolute atomic E-state index is 12.1. The second kappa shape index (κ2) is 8.22. The molecule has 1 aromatic rings. The average molecular weight is 304 g/mol. The van der Waals surface area contributed by atoms with E-state index >= 15 is 0 Å². The molecule has 1 heterocycles. The average Bonchev–Trinajstić information content (AvgIpc) is 2.35. The lowest BCUT2D eigenvalue weighted by molar-refractivity contribution is -0.136. The quantitative estimate of drug-likeness (QED) is 0.741. The fourth-order valence-corrected chi connectivity index (χ4v) is 1.78. The highest BCUT2D eigenvalue weighted by Gasteiger charge is 2.26. The molecule has 120 valence electrons. The maximum Gasteiger partial charge on any atom is 0.389 e. The third kappa shape index (κ3) is 7.90. The third-order valence-corrected chi connectivity index (χ3v) is 2.81. The van der Waals surface area contributed by atoms with Gasteiger partial charge in [0.1, 0.15) is 5.75 Å². The Bertz CT molecular complexity index is 433. The molecule has 0 aromatic carbocycles. The molecule has 3 nitrogen and oxygen atoms in total. The Morgan fingerprint density at radius 1 is 1.33 bits per heavy atom. The van der Waals surface area contributed by atoms with Crippen LogP contribution < -0.4 is 10.1 Å². The van der Waals surface area contributed by atoms with Crippen LogP contribution in [-0.4, -0.2) is 24.3 Å². The largest absolute Gasteiger partial charge is 0.493 e. The van der Waals surface area contributed by atoms with Crippen LogP contribution in [0.5, 0.6) is 5.75 Å². The number of rotatable bonds is 8. The minimum Gasteiger partial charge on any atom is -0.493 e. The van der Waals surface area contributed by atoms with Gasteiger partial charge in [0.15, 0.2) is 0 Å². The fraction of sp³-hybridized carbons (Fsp3) is 0.667. The summed E-state index contributed by atoms with van der Waals surface area (Å²) in [6, 6.07) is 1.76. The van der Waals surface area contributed by atoms with Crippen molar-refractivity contribution in [3.63, 3.8) is 0 Å². The van der Waals surface area contributed by atoms with E-state index in [-0.39, 0.29) is 13.0 Å². The van der Waals surface area contributed by atoms with E-state index < -0.39 is 12.6 Å². The minimum absolute atomic E-state index is 0.0380. The predicted octanol–water partition coefficient (Wildman–Crippen LogP) is 3.86. The summed E-state index contributed by atoms with van der Waals surface area (Å²) < 4.78 is 41.8. The Hall–Kier alpha value is -1.30. The first-order chi connectivity index (χ1) is 9.78. The van der Waals surface area contributed by atoms with E-state index in [0.29, 0.717) is 18.2 Å². The minimum atomic E-state index is -4.13. The van der Waals surface area contributed by atoms with Crippen molar-refractivity contribution < 1.29 is 17.9 Å². The Kier molecular flexibility index (Phi) is 6.95. The zero-order valence-corrected chi connectivity index (χ0v) is 12.8. The molecule has 0 aliphatic carbocycles. The summed E-state index contributed by atoms with van der Waals surface area (Å²) in [6.07, 6.45) is -3.28. The number of halogens is 3. The number of alkyl halides is 3. The first-order valence-corrected chi connectivity index (χ1v) is 7.13. The lowest BCUT2D eigenvalue weighted by Crippen LogP contribution is -2.19. The number of aromatic nitrogens is 1. The number of nitrogens with one attached hydrogen (secondary N) is 1. The van der Waals surface area contributed by atoms with Crippen molar-refractivity contribution in [2.45, 2.75) is 46.3 Å². The molecule has 0 radical (unpaired) electrons. The molecule has 0 unspecified atom stereocenters. The smallest absolute Gasteiger partial charge is 0.389 e. The number of ether oxygens (including phenoxy) is 1. The summed E-state index contributed by atoms with van der Waals surface area (Å²) in [5.41, 5.74) is 1.65. The van der Waals surface area contributed by atoms with Crippen LogP contribution in [0.2, 0.25) is 0 Å². The van der Waals surface area contributed by atoms with Crippen molar-refractivity contribution in [2.75, 3.05) is 13.2 Å². The molecule has 0 bridgehead atoms. The van der Waals surface area contributed by atoms with Crippen LogP contribution in [0.1, 0.15) is 37.9 Å². The summed E-state index contributed by atoms with van der Waals surface area (Å²) in [5.74, 6) is 1.14. The molecule has 0 aliphatic rings. The van der Waals surface area contributed by atoms with Crippen molar-refractivity contribution in [2.24, 2.45) is 5.92 Å². The summed E-state index contributed by atoms with van der Waals surface area (Å²) in [6.45, 7) is 7.55. The van der Waals surface area contributed by atoms with Crippen LogP contribution in [0.3, 0.4) is 0 Å². The molecule has 0 saturated carbocycles. The van der Waals surface area contributed by atoms with Gasteiger partial charge in [-0.05, 0) is 25.8 Å². The number of pyridine rings is 1. The van der Waals surface area contributed by atoms with E-state index in [1.54, 1.807) is 12.3 Å².